The number of hydrogen-bond acceptors (Lipinski definition) is 5. The molecule has 1 fully saturated rings. The van der Waals surface area contributed by atoms with Crippen LogP contribution in [0, 0.1) is 17.8 Å². The first-order chi connectivity index (χ1) is 16.3. The van der Waals surface area contributed by atoms with Crippen LogP contribution in [0.25, 0.3) is 11.1 Å². The molecule has 0 radical (unpaired) electrons. The highest BCUT2D eigenvalue weighted by Gasteiger charge is 2.17. The molecule has 1 aliphatic carbocycles. The van der Waals surface area contributed by atoms with Gasteiger partial charge in [0.05, 0.1) is 12.9 Å². The van der Waals surface area contributed by atoms with E-state index >= 15 is 0 Å². The molecule has 33 heavy (non-hydrogen) atoms. The Bertz CT molecular complexity index is 1260. The van der Waals surface area contributed by atoms with Gasteiger partial charge < -0.3 is 9.40 Å². The van der Waals surface area contributed by atoms with Crippen molar-refractivity contribution < 1.29 is 4.84 Å². The molecule has 0 bridgehead atoms. The predicted molar refractivity (Wildman–Crippen MR) is 127 cm³/mol. The second-order valence-corrected chi connectivity index (χ2v) is 7.99. The first-order valence-electron chi connectivity index (χ1n) is 10.9. The van der Waals surface area contributed by atoms with Crippen LogP contribution in [-0.4, -0.2) is 25.2 Å². The topological polar surface area (TPSA) is 65.2 Å². The number of rotatable bonds is 7. The largest absolute Gasteiger partial charge is 0.391 e. The van der Waals surface area contributed by atoms with Gasteiger partial charge in [-0.3, -0.25) is 0 Å². The van der Waals surface area contributed by atoms with Gasteiger partial charge in [0.1, 0.15) is 18.6 Å². The van der Waals surface area contributed by atoms with Crippen LogP contribution in [0.15, 0.2) is 91.1 Å². The number of imidazole rings is 1. The van der Waals surface area contributed by atoms with Crippen LogP contribution < -0.4 is 0 Å². The predicted octanol–water partition coefficient (Wildman–Crippen LogP) is 4.72. The number of nitrogens with zero attached hydrogens (tertiary/aromatic N) is 5. The van der Waals surface area contributed by atoms with Crippen molar-refractivity contribution in [2.45, 2.75) is 26.0 Å². The van der Waals surface area contributed by atoms with E-state index in [0.717, 1.165) is 33.5 Å². The summed E-state index contributed by atoms with van der Waals surface area (Å²) in [6.45, 7) is 0.948. The standard InChI is InChI=1S/C27H23N5O/c1-2-21(1)3-4-22-5-11-25(12-6-22)27(17-32-14-13-28-20-32)31-33-18-23-7-9-24(10-8-23)26-15-29-19-30-16-26/h5-16,19-21H,1-2,17-18H2/b31-27+. The summed E-state index contributed by atoms with van der Waals surface area (Å²) < 4.78 is 1.97. The first-order valence-corrected chi connectivity index (χ1v) is 10.9. The Hall–Kier alpha value is -4.24. The smallest absolute Gasteiger partial charge is 0.142 e. The minimum atomic E-state index is 0.379. The number of benzene rings is 2. The van der Waals surface area contributed by atoms with Crippen molar-refractivity contribution in [3.8, 4) is 23.0 Å². The van der Waals surface area contributed by atoms with Crippen molar-refractivity contribution in [3.05, 3.63) is 103 Å². The SMILES string of the molecule is C(#CC1CC1)c1ccc(/C(Cn2ccnc2)=N/OCc2ccc(-c3cncnc3)cc2)cc1. The molecule has 0 aliphatic heterocycles. The zero-order valence-corrected chi connectivity index (χ0v) is 18.1. The van der Waals surface area contributed by atoms with E-state index in [0.29, 0.717) is 19.1 Å². The normalized spacial score (nSPS) is 13.3. The van der Waals surface area contributed by atoms with Crippen LogP contribution in [-0.2, 0) is 18.0 Å². The van der Waals surface area contributed by atoms with Gasteiger partial charge in [0, 0.05) is 47.4 Å². The Kier molecular flexibility index (Phi) is 6.21. The monoisotopic (exact) mass is 433 g/mol. The fraction of sp³-hybridized carbons (Fsp3) is 0.185. The van der Waals surface area contributed by atoms with Crippen LogP contribution in [0.3, 0.4) is 0 Å². The fourth-order valence-electron chi connectivity index (χ4n) is 3.31. The molecular weight excluding hydrogens is 410 g/mol. The van der Waals surface area contributed by atoms with Crippen LogP contribution in [0.5, 0.6) is 0 Å². The summed E-state index contributed by atoms with van der Waals surface area (Å²) in [5, 5.41) is 4.47. The van der Waals surface area contributed by atoms with Crippen molar-refractivity contribution >= 4 is 5.71 Å². The quantitative estimate of drug-likeness (QED) is 0.240. The van der Waals surface area contributed by atoms with Crippen LogP contribution in [0.4, 0.5) is 0 Å². The Morgan fingerprint density at radius 1 is 0.970 bits per heavy atom. The maximum absolute atomic E-state index is 5.75. The minimum absolute atomic E-state index is 0.379. The second kappa shape index (κ2) is 9.92. The summed E-state index contributed by atoms with van der Waals surface area (Å²) in [6.07, 6.45) is 13.0. The molecule has 0 unspecified atom stereocenters. The molecule has 2 heterocycles. The van der Waals surface area contributed by atoms with Crippen LogP contribution >= 0.6 is 0 Å². The number of oxime groups is 1. The molecule has 0 N–H and O–H groups in total. The van der Waals surface area contributed by atoms with Gasteiger partial charge in [0.15, 0.2) is 0 Å². The summed E-state index contributed by atoms with van der Waals surface area (Å²) in [5.41, 5.74) is 5.93. The molecule has 0 saturated heterocycles. The van der Waals surface area contributed by atoms with Crippen molar-refractivity contribution in [2.75, 3.05) is 0 Å². The van der Waals surface area contributed by atoms with E-state index in [1.54, 1.807) is 24.9 Å². The number of aromatic nitrogens is 4. The molecule has 162 valence electrons. The van der Waals surface area contributed by atoms with Crippen LogP contribution in [0.2, 0.25) is 0 Å². The average Bonchev–Trinajstić information content (AvgIpc) is 3.57. The van der Waals surface area contributed by atoms with Gasteiger partial charge in [-0.1, -0.05) is 53.4 Å². The molecule has 0 amide bonds. The molecule has 0 atom stereocenters. The lowest BCUT2D eigenvalue weighted by atomic mass is 10.1. The van der Waals surface area contributed by atoms with Gasteiger partial charge in [-0.05, 0) is 36.1 Å². The summed E-state index contributed by atoms with van der Waals surface area (Å²) in [4.78, 5) is 18.0. The Morgan fingerprint density at radius 2 is 1.76 bits per heavy atom. The van der Waals surface area contributed by atoms with Crippen molar-refractivity contribution in [3.63, 3.8) is 0 Å². The molecular formula is C27H23N5O. The van der Waals surface area contributed by atoms with E-state index < -0.39 is 0 Å². The maximum Gasteiger partial charge on any atom is 0.142 e. The van der Waals surface area contributed by atoms with E-state index in [9.17, 15) is 0 Å². The van der Waals surface area contributed by atoms with Crippen LogP contribution in [0.1, 0.15) is 29.5 Å². The van der Waals surface area contributed by atoms with Gasteiger partial charge in [-0.2, -0.15) is 0 Å². The summed E-state index contributed by atoms with van der Waals surface area (Å²) in [6, 6.07) is 16.3. The third kappa shape index (κ3) is 5.72. The zero-order valence-electron chi connectivity index (χ0n) is 18.1. The van der Waals surface area contributed by atoms with Crippen molar-refractivity contribution in [1.29, 1.82) is 0 Å². The molecule has 6 nitrogen and oxygen atoms in total. The Balaban J connectivity index is 1.28. The van der Waals surface area contributed by atoms with E-state index in [1.165, 1.54) is 19.2 Å². The summed E-state index contributed by atoms with van der Waals surface area (Å²) in [5.74, 6) is 7.14. The average molecular weight is 434 g/mol. The van der Waals surface area contributed by atoms with Crippen molar-refractivity contribution in [2.24, 2.45) is 11.1 Å². The van der Waals surface area contributed by atoms with Gasteiger partial charge in [0.2, 0.25) is 0 Å². The molecule has 1 aliphatic rings. The fourth-order valence-corrected chi connectivity index (χ4v) is 3.31. The highest BCUT2D eigenvalue weighted by Crippen LogP contribution is 2.27. The maximum atomic E-state index is 5.75. The van der Waals surface area contributed by atoms with E-state index in [4.69, 9.17) is 4.84 Å². The minimum Gasteiger partial charge on any atom is -0.391 e. The van der Waals surface area contributed by atoms with Gasteiger partial charge >= 0.3 is 0 Å². The lowest BCUT2D eigenvalue weighted by Gasteiger charge is -2.09. The summed E-state index contributed by atoms with van der Waals surface area (Å²) >= 11 is 0. The van der Waals surface area contributed by atoms with E-state index in [-0.39, 0.29) is 0 Å². The molecule has 5 rings (SSSR count). The lowest BCUT2D eigenvalue weighted by Crippen LogP contribution is -2.11. The highest BCUT2D eigenvalue weighted by molar-refractivity contribution is 6.00. The molecule has 2 aromatic heterocycles. The molecule has 0 spiro atoms. The molecule has 2 aromatic carbocycles. The zero-order chi connectivity index (χ0) is 22.3. The van der Waals surface area contributed by atoms with Crippen molar-refractivity contribution in [1.82, 2.24) is 19.5 Å². The molecule has 1 saturated carbocycles. The summed E-state index contributed by atoms with van der Waals surface area (Å²) in [7, 11) is 0. The lowest BCUT2D eigenvalue weighted by molar-refractivity contribution is 0.130. The van der Waals surface area contributed by atoms with Gasteiger partial charge in [0.25, 0.3) is 0 Å². The third-order valence-corrected chi connectivity index (χ3v) is 5.36. The molecule has 4 aromatic rings. The Morgan fingerprint density at radius 3 is 2.45 bits per heavy atom. The first kappa shape index (κ1) is 20.7. The molecule has 6 heteroatoms. The Labute approximate surface area is 193 Å². The number of hydrogen-bond donors (Lipinski definition) is 0. The van der Waals surface area contributed by atoms with E-state index in [1.807, 2.05) is 59.3 Å². The van der Waals surface area contributed by atoms with E-state index in [2.05, 4.69) is 31.9 Å². The van der Waals surface area contributed by atoms with Gasteiger partial charge in [-0.15, -0.1) is 0 Å². The van der Waals surface area contributed by atoms with Gasteiger partial charge in [-0.25, -0.2) is 15.0 Å². The second-order valence-electron chi connectivity index (χ2n) is 7.99. The highest BCUT2D eigenvalue weighted by atomic mass is 16.6. The third-order valence-electron chi connectivity index (χ3n) is 5.36.